The Morgan fingerprint density at radius 2 is 1.93 bits per heavy atom. The maximum Gasteiger partial charge on any atom is 0.141 e. The molecule has 0 aromatic rings. The highest BCUT2D eigenvalue weighted by molar-refractivity contribution is 5.86. The van der Waals surface area contributed by atoms with Gasteiger partial charge in [0.25, 0.3) is 0 Å². The molecule has 0 aromatic carbocycles. The van der Waals surface area contributed by atoms with Gasteiger partial charge in [-0.2, -0.15) is 0 Å². The third-order valence-corrected chi connectivity index (χ3v) is 3.65. The van der Waals surface area contributed by atoms with Crippen LogP contribution in [0.2, 0.25) is 0 Å². The molecule has 3 unspecified atom stereocenters. The molecule has 0 saturated heterocycles. The normalized spacial score (nSPS) is 36.1. The Morgan fingerprint density at radius 3 is 2.29 bits per heavy atom. The summed E-state index contributed by atoms with van der Waals surface area (Å²) in [6.07, 6.45) is 8.24. The van der Waals surface area contributed by atoms with Gasteiger partial charge < -0.3 is 0 Å². The molecule has 14 heavy (non-hydrogen) atoms. The highest BCUT2D eigenvalue weighted by atomic mass is 16.1. The summed E-state index contributed by atoms with van der Waals surface area (Å²) >= 11 is 0. The van der Waals surface area contributed by atoms with Crippen molar-refractivity contribution in [2.45, 2.75) is 40.0 Å². The van der Waals surface area contributed by atoms with Gasteiger partial charge in [0.15, 0.2) is 0 Å². The lowest BCUT2D eigenvalue weighted by Crippen LogP contribution is -2.38. The third-order valence-electron chi connectivity index (χ3n) is 3.65. The van der Waals surface area contributed by atoms with E-state index in [0.29, 0.717) is 23.5 Å². The molecule has 0 amide bonds. The van der Waals surface area contributed by atoms with E-state index in [1.165, 1.54) is 12.8 Å². The van der Waals surface area contributed by atoms with Crippen molar-refractivity contribution in [3.8, 4) is 0 Å². The van der Waals surface area contributed by atoms with E-state index < -0.39 is 0 Å². The first-order valence-electron chi connectivity index (χ1n) is 5.71. The number of hydrogen-bond donors (Lipinski definition) is 0. The lowest BCUT2D eigenvalue weighted by molar-refractivity contribution is -0.133. The number of hydrogen-bond acceptors (Lipinski definition) is 1. The Hall–Kier alpha value is -0.590. The molecule has 3 aliphatic carbocycles. The Morgan fingerprint density at radius 1 is 1.21 bits per heavy atom. The van der Waals surface area contributed by atoms with Gasteiger partial charge in [-0.25, -0.2) is 0 Å². The van der Waals surface area contributed by atoms with E-state index in [1.54, 1.807) is 0 Å². The predicted molar refractivity (Wildman–Crippen MR) is 57.9 cm³/mol. The largest absolute Gasteiger partial charge is 0.299 e. The minimum Gasteiger partial charge on any atom is -0.299 e. The fourth-order valence-electron chi connectivity index (χ4n) is 2.79. The van der Waals surface area contributed by atoms with Crippen molar-refractivity contribution in [1.29, 1.82) is 0 Å². The summed E-state index contributed by atoms with van der Waals surface area (Å²) < 4.78 is 0. The summed E-state index contributed by atoms with van der Waals surface area (Å²) in [5.41, 5.74) is -0.157. The second kappa shape index (κ2) is 3.22. The summed E-state index contributed by atoms with van der Waals surface area (Å²) in [6.45, 7) is 6.13. The van der Waals surface area contributed by atoms with Gasteiger partial charge in [-0.3, -0.25) is 4.79 Å². The summed E-state index contributed by atoms with van der Waals surface area (Å²) in [7, 11) is 0. The summed E-state index contributed by atoms with van der Waals surface area (Å²) in [5, 5.41) is 0. The van der Waals surface area contributed by atoms with Gasteiger partial charge in [-0.15, -0.1) is 0 Å². The van der Waals surface area contributed by atoms with Crippen LogP contribution in [0.3, 0.4) is 0 Å². The minimum atomic E-state index is -0.157. The number of allylic oxidation sites excluding steroid dienone is 2. The van der Waals surface area contributed by atoms with Crippen LogP contribution in [0, 0.1) is 23.2 Å². The van der Waals surface area contributed by atoms with Crippen LogP contribution in [-0.2, 0) is 4.79 Å². The molecule has 1 fully saturated rings. The Bertz CT molecular complexity index is 269. The van der Waals surface area contributed by atoms with Gasteiger partial charge in [-0.1, -0.05) is 32.9 Å². The molecule has 0 heterocycles. The van der Waals surface area contributed by atoms with Crippen LogP contribution < -0.4 is 0 Å². The molecule has 1 saturated carbocycles. The molecule has 2 bridgehead atoms. The average molecular weight is 192 g/mol. The summed E-state index contributed by atoms with van der Waals surface area (Å²) in [4.78, 5) is 12.2. The SMILES string of the molecule is CC(C)(C)C(=O)C1CC2C=CC1CC2. The molecule has 0 radical (unpaired) electrons. The number of rotatable bonds is 1. The Labute approximate surface area is 86.6 Å². The van der Waals surface area contributed by atoms with Gasteiger partial charge in [-0.05, 0) is 31.1 Å². The van der Waals surface area contributed by atoms with Crippen LogP contribution >= 0.6 is 0 Å². The van der Waals surface area contributed by atoms with Crippen LogP contribution in [-0.4, -0.2) is 5.78 Å². The van der Waals surface area contributed by atoms with Crippen molar-refractivity contribution >= 4 is 5.78 Å². The van der Waals surface area contributed by atoms with Crippen molar-refractivity contribution in [2.24, 2.45) is 23.2 Å². The Kier molecular flexibility index (Phi) is 2.29. The van der Waals surface area contributed by atoms with E-state index in [0.717, 1.165) is 6.42 Å². The minimum absolute atomic E-state index is 0.157. The molecular formula is C13H20O. The third kappa shape index (κ3) is 1.65. The number of carbonyl (C=O) groups excluding carboxylic acids is 1. The van der Waals surface area contributed by atoms with Crippen molar-refractivity contribution in [2.75, 3.05) is 0 Å². The van der Waals surface area contributed by atoms with Crippen LogP contribution in [0.1, 0.15) is 40.0 Å². The van der Waals surface area contributed by atoms with Crippen LogP contribution in [0.5, 0.6) is 0 Å². The van der Waals surface area contributed by atoms with Gasteiger partial charge >= 0.3 is 0 Å². The first kappa shape index (κ1) is 9.95. The van der Waals surface area contributed by atoms with E-state index in [4.69, 9.17) is 0 Å². The monoisotopic (exact) mass is 192 g/mol. The van der Waals surface area contributed by atoms with Gasteiger partial charge in [0.2, 0.25) is 0 Å². The lowest BCUT2D eigenvalue weighted by atomic mass is 9.64. The van der Waals surface area contributed by atoms with E-state index in [2.05, 4.69) is 12.2 Å². The zero-order chi connectivity index (χ0) is 10.3. The fraction of sp³-hybridized carbons (Fsp3) is 0.769. The lowest BCUT2D eigenvalue weighted by Gasteiger charge is -2.39. The van der Waals surface area contributed by atoms with Gasteiger partial charge in [0, 0.05) is 11.3 Å². The quantitative estimate of drug-likeness (QED) is 0.583. The van der Waals surface area contributed by atoms with Crippen LogP contribution in [0.25, 0.3) is 0 Å². The van der Waals surface area contributed by atoms with Crippen molar-refractivity contribution in [1.82, 2.24) is 0 Å². The highest BCUT2D eigenvalue weighted by Gasteiger charge is 2.39. The summed E-state index contributed by atoms with van der Waals surface area (Å²) in [5.74, 6) is 2.03. The predicted octanol–water partition coefficient (Wildman–Crippen LogP) is 3.20. The fourth-order valence-corrected chi connectivity index (χ4v) is 2.79. The van der Waals surface area contributed by atoms with E-state index in [1.807, 2.05) is 20.8 Å². The number of fused-ring (bicyclic) bond motifs is 2. The Balaban J connectivity index is 2.14. The van der Waals surface area contributed by atoms with Crippen molar-refractivity contribution in [3.05, 3.63) is 12.2 Å². The standard InChI is InChI=1S/C13H20O/c1-13(2,3)12(14)11-8-9-4-6-10(11)7-5-9/h4,6,9-11H,5,7-8H2,1-3H3. The molecular weight excluding hydrogens is 172 g/mol. The first-order chi connectivity index (χ1) is 6.48. The van der Waals surface area contributed by atoms with E-state index in [-0.39, 0.29) is 5.41 Å². The zero-order valence-electron chi connectivity index (χ0n) is 9.42. The van der Waals surface area contributed by atoms with Gasteiger partial charge in [0.05, 0.1) is 0 Å². The van der Waals surface area contributed by atoms with Crippen molar-refractivity contribution in [3.63, 3.8) is 0 Å². The second-order valence-corrected chi connectivity index (χ2v) is 5.84. The molecule has 0 aromatic heterocycles. The molecule has 3 aliphatic rings. The smallest absolute Gasteiger partial charge is 0.141 e. The van der Waals surface area contributed by atoms with E-state index >= 15 is 0 Å². The maximum absolute atomic E-state index is 12.2. The highest BCUT2D eigenvalue weighted by Crippen LogP contribution is 2.43. The molecule has 78 valence electrons. The maximum atomic E-state index is 12.2. The van der Waals surface area contributed by atoms with Crippen LogP contribution in [0.4, 0.5) is 0 Å². The van der Waals surface area contributed by atoms with Gasteiger partial charge in [0.1, 0.15) is 5.78 Å². The molecule has 3 rings (SSSR count). The topological polar surface area (TPSA) is 17.1 Å². The molecule has 0 spiro atoms. The first-order valence-corrected chi connectivity index (χ1v) is 5.71. The second-order valence-electron chi connectivity index (χ2n) is 5.84. The zero-order valence-corrected chi connectivity index (χ0v) is 9.42. The average Bonchev–Trinajstić information content (AvgIpc) is 2.17. The molecule has 3 atom stereocenters. The number of ketones is 1. The number of Topliss-reactive ketones (excluding diaryl/α,β-unsaturated/α-hetero) is 1. The summed E-state index contributed by atoms with van der Waals surface area (Å²) in [6, 6.07) is 0. The molecule has 1 nitrogen and oxygen atoms in total. The molecule has 1 heteroatoms. The van der Waals surface area contributed by atoms with E-state index in [9.17, 15) is 4.79 Å². The molecule has 0 N–H and O–H groups in total. The molecule has 0 aliphatic heterocycles. The van der Waals surface area contributed by atoms with Crippen LogP contribution in [0.15, 0.2) is 12.2 Å². The van der Waals surface area contributed by atoms with Crippen molar-refractivity contribution < 1.29 is 4.79 Å². The number of carbonyl (C=O) groups is 1.